The molecule has 1 saturated heterocycles. The molecule has 0 bridgehead atoms. The number of methoxy groups -OCH3 is 1. The Morgan fingerprint density at radius 2 is 1.75 bits per heavy atom. The fourth-order valence-electron chi connectivity index (χ4n) is 5.05. The van der Waals surface area contributed by atoms with Crippen LogP contribution in [0, 0.1) is 0 Å². The van der Waals surface area contributed by atoms with Crippen LogP contribution in [0.1, 0.15) is 36.8 Å². The molecule has 3 heterocycles. The van der Waals surface area contributed by atoms with Crippen LogP contribution in [0.3, 0.4) is 0 Å². The molecular formula is C28H33ClN6O4S. The Kier molecular flexibility index (Phi) is 9.15. The van der Waals surface area contributed by atoms with E-state index in [9.17, 15) is 8.42 Å². The summed E-state index contributed by atoms with van der Waals surface area (Å²) in [6.45, 7) is 3.76. The highest BCUT2D eigenvalue weighted by atomic mass is 35.5. The Morgan fingerprint density at radius 1 is 1.02 bits per heavy atom. The van der Waals surface area contributed by atoms with Gasteiger partial charge in [0.25, 0.3) is 10.0 Å². The number of nitrogens with one attached hydrogen (secondary N) is 2. The van der Waals surface area contributed by atoms with Crippen molar-refractivity contribution in [2.75, 3.05) is 43.5 Å². The molecule has 2 aromatic heterocycles. The minimum Gasteiger partial charge on any atom is -0.481 e. The summed E-state index contributed by atoms with van der Waals surface area (Å²) < 4.78 is 38.8. The van der Waals surface area contributed by atoms with Gasteiger partial charge in [0.1, 0.15) is 10.7 Å². The predicted molar refractivity (Wildman–Crippen MR) is 156 cm³/mol. The number of aromatic nitrogens is 3. The van der Waals surface area contributed by atoms with E-state index in [0.717, 1.165) is 44.7 Å². The maximum absolute atomic E-state index is 12.7. The lowest BCUT2D eigenvalue weighted by atomic mass is 9.90. The van der Waals surface area contributed by atoms with Crippen molar-refractivity contribution in [3.63, 3.8) is 0 Å². The van der Waals surface area contributed by atoms with E-state index in [-0.39, 0.29) is 21.6 Å². The average Bonchev–Trinajstić information content (AvgIpc) is 2.98. The Labute approximate surface area is 239 Å². The highest BCUT2D eigenvalue weighted by Gasteiger charge is 2.27. The van der Waals surface area contributed by atoms with Gasteiger partial charge in [-0.25, -0.2) is 18.4 Å². The number of pyridine rings is 1. The molecule has 1 aliphatic heterocycles. The Bertz CT molecular complexity index is 1420. The molecule has 2 N–H and O–H groups in total. The molecule has 1 aliphatic carbocycles. The zero-order chi connectivity index (χ0) is 28.0. The summed E-state index contributed by atoms with van der Waals surface area (Å²) in [4.78, 5) is 15.8. The standard InChI is InChI=1S/C28H33ClN6O4S/c1-38-27-21(8-13-26(33-27)34-40(36,37)25-5-3-2-4-24(25)29)7-6-20-18-30-28(31-19-20)32-22-9-11-23(12-10-22)35-14-16-39-17-15-35/h2-8,13,18-19,22-23H,9-12,14-17H2,1H3,(H,33,34)(H,30,31,32)/b7-6+. The van der Waals surface area contributed by atoms with E-state index >= 15 is 0 Å². The number of hydrogen-bond acceptors (Lipinski definition) is 9. The first-order valence-electron chi connectivity index (χ1n) is 13.3. The number of halogens is 1. The Hall–Kier alpha value is -3.25. The number of ether oxygens (including phenoxy) is 2. The van der Waals surface area contributed by atoms with E-state index in [2.05, 4.69) is 29.9 Å². The van der Waals surface area contributed by atoms with Crippen LogP contribution in [0.2, 0.25) is 5.02 Å². The topological polar surface area (TPSA) is 119 Å². The molecule has 0 radical (unpaired) electrons. The van der Waals surface area contributed by atoms with Gasteiger partial charge < -0.3 is 14.8 Å². The first-order chi connectivity index (χ1) is 19.4. The summed E-state index contributed by atoms with van der Waals surface area (Å²) in [5.41, 5.74) is 1.48. The van der Waals surface area contributed by atoms with Crippen molar-refractivity contribution >= 4 is 45.5 Å². The van der Waals surface area contributed by atoms with E-state index in [0.29, 0.717) is 23.6 Å². The van der Waals surface area contributed by atoms with Gasteiger partial charge in [0.2, 0.25) is 11.8 Å². The van der Waals surface area contributed by atoms with E-state index in [1.807, 2.05) is 12.2 Å². The molecular weight excluding hydrogens is 552 g/mol. The zero-order valence-electron chi connectivity index (χ0n) is 22.3. The van der Waals surface area contributed by atoms with Crippen LogP contribution in [0.25, 0.3) is 12.2 Å². The van der Waals surface area contributed by atoms with E-state index in [1.54, 1.807) is 36.7 Å². The molecule has 0 amide bonds. The zero-order valence-corrected chi connectivity index (χ0v) is 23.9. The number of rotatable bonds is 9. The van der Waals surface area contributed by atoms with E-state index in [1.165, 1.54) is 32.1 Å². The highest BCUT2D eigenvalue weighted by molar-refractivity contribution is 7.92. The number of nitrogens with zero attached hydrogens (tertiary/aromatic N) is 4. The van der Waals surface area contributed by atoms with Crippen LogP contribution in [0.15, 0.2) is 53.7 Å². The molecule has 1 saturated carbocycles. The van der Waals surface area contributed by atoms with Crippen molar-refractivity contribution in [3.8, 4) is 5.88 Å². The lowest BCUT2D eigenvalue weighted by Crippen LogP contribution is -2.46. The third kappa shape index (κ3) is 7.08. The van der Waals surface area contributed by atoms with Crippen molar-refractivity contribution in [3.05, 3.63) is 64.9 Å². The Balaban J connectivity index is 1.17. The van der Waals surface area contributed by atoms with E-state index in [4.69, 9.17) is 21.1 Å². The van der Waals surface area contributed by atoms with Gasteiger partial charge in [0.05, 0.1) is 25.3 Å². The quantitative estimate of drug-likeness (QED) is 0.373. The van der Waals surface area contributed by atoms with Gasteiger partial charge >= 0.3 is 0 Å². The molecule has 2 aliphatic rings. The first-order valence-corrected chi connectivity index (χ1v) is 15.2. The number of benzene rings is 1. The number of anilines is 2. The summed E-state index contributed by atoms with van der Waals surface area (Å²) in [6.07, 6.45) is 11.7. The number of morpholine rings is 1. The summed E-state index contributed by atoms with van der Waals surface area (Å²) in [7, 11) is -2.43. The lowest BCUT2D eigenvalue weighted by Gasteiger charge is -2.38. The SMILES string of the molecule is COc1nc(NS(=O)(=O)c2ccccc2Cl)ccc1/C=C/c1cnc(NC2CCC(N3CCOCC3)CC2)nc1. The Morgan fingerprint density at radius 3 is 2.45 bits per heavy atom. The third-order valence-electron chi connectivity index (χ3n) is 7.17. The molecule has 0 atom stereocenters. The lowest BCUT2D eigenvalue weighted by molar-refractivity contribution is 0.00790. The number of hydrogen-bond donors (Lipinski definition) is 2. The van der Waals surface area contributed by atoms with Crippen molar-refractivity contribution in [1.82, 2.24) is 19.9 Å². The van der Waals surface area contributed by atoms with Gasteiger partial charge in [0.15, 0.2) is 0 Å². The van der Waals surface area contributed by atoms with Gasteiger partial charge in [-0.2, -0.15) is 4.98 Å². The molecule has 0 unspecified atom stereocenters. The van der Waals surface area contributed by atoms with E-state index < -0.39 is 10.0 Å². The average molecular weight is 585 g/mol. The molecule has 1 aromatic carbocycles. The molecule has 10 nitrogen and oxygen atoms in total. The summed E-state index contributed by atoms with van der Waals surface area (Å²) in [5, 5.41) is 3.61. The molecule has 3 aromatic rings. The highest BCUT2D eigenvalue weighted by Crippen LogP contribution is 2.27. The first kappa shape index (κ1) is 28.3. The predicted octanol–water partition coefficient (Wildman–Crippen LogP) is 4.56. The maximum Gasteiger partial charge on any atom is 0.264 e. The summed E-state index contributed by atoms with van der Waals surface area (Å²) in [5.74, 6) is 1.01. The van der Waals surface area contributed by atoms with Crippen LogP contribution in [-0.2, 0) is 14.8 Å². The maximum atomic E-state index is 12.7. The normalized spacial score (nSPS) is 20.4. The molecule has 5 rings (SSSR count). The van der Waals surface area contributed by atoms with Crippen molar-refractivity contribution < 1.29 is 17.9 Å². The van der Waals surface area contributed by atoms with Crippen molar-refractivity contribution in [2.45, 2.75) is 42.7 Å². The second kappa shape index (κ2) is 12.9. The number of sulfonamides is 1. The molecule has 212 valence electrons. The second-order valence-corrected chi connectivity index (χ2v) is 11.9. The third-order valence-corrected chi connectivity index (χ3v) is 9.02. The fraction of sp³-hybridized carbons (Fsp3) is 0.393. The molecule has 0 spiro atoms. The van der Waals surface area contributed by atoms with Crippen LogP contribution in [-0.4, -0.2) is 73.8 Å². The summed E-state index contributed by atoms with van der Waals surface area (Å²) >= 11 is 6.06. The minimum atomic E-state index is -3.91. The van der Waals surface area contributed by atoms with Crippen LogP contribution < -0.4 is 14.8 Å². The molecule has 40 heavy (non-hydrogen) atoms. The van der Waals surface area contributed by atoms with Gasteiger partial charge in [0, 0.05) is 48.7 Å². The smallest absolute Gasteiger partial charge is 0.264 e. The second-order valence-electron chi connectivity index (χ2n) is 9.80. The molecule has 2 fully saturated rings. The van der Waals surface area contributed by atoms with Crippen LogP contribution in [0.5, 0.6) is 5.88 Å². The van der Waals surface area contributed by atoms with Gasteiger partial charge in [-0.15, -0.1) is 0 Å². The van der Waals surface area contributed by atoms with Crippen molar-refractivity contribution in [1.29, 1.82) is 0 Å². The van der Waals surface area contributed by atoms with Crippen LogP contribution in [0.4, 0.5) is 11.8 Å². The summed E-state index contributed by atoms with van der Waals surface area (Å²) in [6, 6.07) is 10.5. The van der Waals surface area contributed by atoms with Crippen LogP contribution >= 0.6 is 11.6 Å². The monoisotopic (exact) mass is 584 g/mol. The van der Waals surface area contributed by atoms with Gasteiger partial charge in [-0.05, 0) is 56.0 Å². The van der Waals surface area contributed by atoms with Gasteiger partial charge in [-0.1, -0.05) is 29.8 Å². The van der Waals surface area contributed by atoms with Gasteiger partial charge in [-0.3, -0.25) is 9.62 Å². The molecule has 12 heteroatoms. The minimum absolute atomic E-state index is 0.0278. The largest absolute Gasteiger partial charge is 0.481 e. The fourth-order valence-corrected chi connectivity index (χ4v) is 6.57. The van der Waals surface area contributed by atoms with Crippen molar-refractivity contribution in [2.24, 2.45) is 0 Å².